The molecule has 0 bridgehead atoms. The van der Waals surface area contributed by atoms with Gasteiger partial charge in [0.1, 0.15) is 0 Å². The fourth-order valence-electron chi connectivity index (χ4n) is 2.13. The third-order valence-corrected chi connectivity index (χ3v) is 2.95. The molecule has 0 radical (unpaired) electrons. The first-order valence-electron chi connectivity index (χ1n) is 5.78. The maximum Gasteiger partial charge on any atom is 0.0795 e. The highest BCUT2D eigenvalue weighted by Gasteiger charge is 2.06. The zero-order valence-corrected chi connectivity index (χ0v) is 9.94. The molecule has 0 heterocycles. The van der Waals surface area contributed by atoms with E-state index < -0.39 is 0 Å². The van der Waals surface area contributed by atoms with Gasteiger partial charge in [0.15, 0.2) is 0 Å². The summed E-state index contributed by atoms with van der Waals surface area (Å²) in [4.78, 5) is 0. The van der Waals surface area contributed by atoms with Crippen LogP contribution in [0.5, 0.6) is 0 Å². The predicted molar refractivity (Wildman–Crippen MR) is 67.4 cm³/mol. The van der Waals surface area contributed by atoms with Crippen LogP contribution in [-0.2, 0) is 11.2 Å². The van der Waals surface area contributed by atoms with Gasteiger partial charge in [-0.25, -0.2) is 0 Å². The predicted octanol–water partition coefficient (Wildman–Crippen LogP) is 0.556. The normalized spacial score (nSPS) is 20.6. The Morgan fingerprint density at radius 2 is 2.25 bits per heavy atom. The highest BCUT2D eigenvalue weighted by atomic mass is 16.5. The van der Waals surface area contributed by atoms with Gasteiger partial charge in [0.05, 0.1) is 6.10 Å². The lowest BCUT2D eigenvalue weighted by atomic mass is 10.0. The van der Waals surface area contributed by atoms with Crippen LogP contribution in [0.1, 0.15) is 18.9 Å². The van der Waals surface area contributed by atoms with E-state index in [1.165, 1.54) is 16.0 Å². The first-order valence-corrected chi connectivity index (χ1v) is 5.78. The van der Waals surface area contributed by atoms with Crippen LogP contribution in [0.25, 0.3) is 12.2 Å². The third kappa shape index (κ3) is 2.52. The first-order chi connectivity index (χ1) is 7.69. The van der Waals surface area contributed by atoms with Gasteiger partial charge in [-0.05, 0) is 41.8 Å². The molecule has 2 unspecified atom stereocenters. The van der Waals surface area contributed by atoms with E-state index in [9.17, 15) is 0 Å². The average Bonchev–Trinajstić information content (AvgIpc) is 2.27. The number of rotatable bonds is 3. The van der Waals surface area contributed by atoms with Crippen LogP contribution >= 0.6 is 0 Å². The topological polar surface area (TPSA) is 35.2 Å². The Labute approximate surface area is 96.4 Å². The van der Waals surface area contributed by atoms with E-state index in [2.05, 4.69) is 30.4 Å². The molecule has 16 heavy (non-hydrogen) atoms. The summed E-state index contributed by atoms with van der Waals surface area (Å²) in [6.45, 7) is 2.04. The minimum Gasteiger partial charge on any atom is -0.377 e. The number of ether oxygens (including phenoxy) is 1. The Morgan fingerprint density at radius 1 is 1.44 bits per heavy atom. The van der Waals surface area contributed by atoms with Gasteiger partial charge in [-0.3, -0.25) is 0 Å². The van der Waals surface area contributed by atoms with Gasteiger partial charge in [0.25, 0.3) is 0 Å². The van der Waals surface area contributed by atoms with Crippen molar-refractivity contribution in [3.8, 4) is 0 Å². The van der Waals surface area contributed by atoms with Crippen LogP contribution in [0, 0.1) is 0 Å². The molecule has 0 spiro atoms. The molecule has 2 rings (SSSR count). The molecule has 1 aromatic rings. The summed E-state index contributed by atoms with van der Waals surface area (Å²) in [5.74, 6) is 0. The van der Waals surface area contributed by atoms with Gasteiger partial charge in [-0.1, -0.05) is 24.3 Å². The van der Waals surface area contributed by atoms with Crippen LogP contribution in [0.4, 0.5) is 0 Å². The summed E-state index contributed by atoms with van der Waals surface area (Å²) in [6, 6.07) is 6.78. The van der Waals surface area contributed by atoms with E-state index in [0.717, 1.165) is 12.8 Å². The molecule has 2 heteroatoms. The smallest absolute Gasteiger partial charge is 0.0795 e. The molecule has 0 saturated carbocycles. The van der Waals surface area contributed by atoms with Crippen LogP contribution in [-0.4, -0.2) is 19.3 Å². The van der Waals surface area contributed by atoms with Crippen LogP contribution in [0.15, 0.2) is 18.2 Å². The second-order valence-corrected chi connectivity index (χ2v) is 4.53. The van der Waals surface area contributed by atoms with Crippen LogP contribution < -0.4 is 16.2 Å². The molecular weight excluding hydrogens is 198 g/mol. The molecule has 86 valence electrons. The minimum atomic E-state index is 0.220. The zero-order chi connectivity index (χ0) is 11.5. The lowest BCUT2D eigenvalue weighted by Gasteiger charge is -2.12. The lowest BCUT2D eigenvalue weighted by Crippen LogP contribution is -2.32. The fraction of sp³-hybridized carbons (Fsp3) is 0.429. The molecule has 0 saturated heterocycles. The highest BCUT2D eigenvalue weighted by Crippen LogP contribution is 2.04. The Hall–Kier alpha value is -1.12. The molecule has 2 atom stereocenters. The van der Waals surface area contributed by atoms with Gasteiger partial charge < -0.3 is 10.5 Å². The van der Waals surface area contributed by atoms with Crippen LogP contribution in [0.3, 0.4) is 0 Å². The van der Waals surface area contributed by atoms with Crippen molar-refractivity contribution in [2.75, 3.05) is 7.11 Å². The molecular formula is C14H19NO. The van der Waals surface area contributed by atoms with Gasteiger partial charge >= 0.3 is 0 Å². The molecule has 2 N–H and O–H groups in total. The van der Waals surface area contributed by atoms with E-state index in [-0.39, 0.29) is 12.1 Å². The lowest BCUT2D eigenvalue weighted by molar-refractivity contribution is 0.157. The summed E-state index contributed by atoms with van der Waals surface area (Å²) < 4.78 is 5.34. The third-order valence-electron chi connectivity index (χ3n) is 2.95. The van der Waals surface area contributed by atoms with Gasteiger partial charge in [-0.2, -0.15) is 0 Å². The maximum atomic E-state index is 5.81. The molecule has 1 aromatic carbocycles. The van der Waals surface area contributed by atoms with Crippen molar-refractivity contribution in [1.29, 1.82) is 0 Å². The molecule has 1 aliphatic rings. The summed E-state index contributed by atoms with van der Waals surface area (Å²) in [5.41, 5.74) is 7.12. The largest absolute Gasteiger partial charge is 0.377 e. The Bertz CT molecular complexity index is 476. The van der Waals surface area contributed by atoms with Gasteiger partial charge in [0, 0.05) is 13.2 Å². The van der Waals surface area contributed by atoms with Crippen molar-refractivity contribution in [1.82, 2.24) is 0 Å². The number of nitrogens with two attached hydrogens (primary N) is 1. The van der Waals surface area contributed by atoms with Gasteiger partial charge in [0.2, 0.25) is 0 Å². The highest BCUT2D eigenvalue weighted by molar-refractivity contribution is 5.43. The summed E-state index contributed by atoms with van der Waals surface area (Å²) in [7, 11) is 1.75. The van der Waals surface area contributed by atoms with E-state index >= 15 is 0 Å². The molecule has 0 amide bonds. The molecule has 2 nitrogen and oxygen atoms in total. The Kier molecular flexibility index (Phi) is 3.42. The second kappa shape index (κ2) is 4.81. The molecule has 1 aliphatic carbocycles. The van der Waals surface area contributed by atoms with Crippen molar-refractivity contribution in [2.45, 2.75) is 31.9 Å². The monoisotopic (exact) mass is 217 g/mol. The fourth-order valence-corrected chi connectivity index (χ4v) is 2.13. The van der Waals surface area contributed by atoms with Crippen molar-refractivity contribution < 1.29 is 4.74 Å². The van der Waals surface area contributed by atoms with E-state index in [1.807, 2.05) is 6.92 Å². The number of methoxy groups -OCH3 is 1. The standard InChI is InChI=1S/C14H19NO/c1-10(15)7-11-3-4-13-9-14(16-2)6-5-12(13)8-11/h3-5,8-10,14H,6-7,15H2,1-2H3. The average molecular weight is 217 g/mol. The Morgan fingerprint density at radius 3 is 2.94 bits per heavy atom. The summed E-state index contributed by atoms with van der Waals surface area (Å²) in [5, 5.41) is 2.58. The van der Waals surface area contributed by atoms with Gasteiger partial charge in [-0.15, -0.1) is 0 Å². The van der Waals surface area contributed by atoms with E-state index in [0.29, 0.717) is 0 Å². The summed E-state index contributed by atoms with van der Waals surface area (Å²) in [6.07, 6.45) is 6.56. The zero-order valence-electron chi connectivity index (χ0n) is 9.94. The molecule has 0 fully saturated rings. The number of hydrogen-bond donors (Lipinski definition) is 1. The van der Waals surface area contributed by atoms with E-state index in [4.69, 9.17) is 10.5 Å². The van der Waals surface area contributed by atoms with Crippen LogP contribution in [0.2, 0.25) is 0 Å². The maximum absolute atomic E-state index is 5.81. The molecule has 0 aromatic heterocycles. The SMILES string of the molecule is COC1C=c2ccc(CC(C)N)cc2=CC1. The summed E-state index contributed by atoms with van der Waals surface area (Å²) >= 11 is 0. The minimum absolute atomic E-state index is 0.220. The number of benzene rings is 1. The second-order valence-electron chi connectivity index (χ2n) is 4.53. The molecule has 0 aliphatic heterocycles. The van der Waals surface area contributed by atoms with Crippen molar-refractivity contribution in [3.05, 3.63) is 34.2 Å². The van der Waals surface area contributed by atoms with E-state index in [1.54, 1.807) is 7.11 Å². The quantitative estimate of drug-likeness (QED) is 0.803. The van der Waals surface area contributed by atoms with Crippen molar-refractivity contribution in [2.24, 2.45) is 5.73 Å². The number of fused-ring (bicyclic) bond motifs is 1. The Balaban J connectivity index is 2.35. The van der Waals surface area contributed by atoms with Crippen molar-refractivity contribution >= 4 is 12.2 Å². The number of hydrogen-bond acceptors (Lipinski definition) is 2. The first kappa shape index (κ1) is 11.4. The van der Waals surface area contributed by atoms with Crippen molar-refractivity contribution in [3.63, 3.8) is 0 Å².